The second-order valence-electron chi connectivity index (χ2n) is 7.42. The van der Waals surface area contributed by atoms with Crippen molar-refractivity contribution in [1.82, 2.24) is 5.32 Å². The zero-order valence-electron chi connectivity index (χ0n) is 13.0. The maximum atomic E-state index is 12.2. The summed E-state index contributed by atoms with van der Waals surface area (Å²) < 4.78 is 5.42. The number of benzene rings is 1. The average molecular weight is 288 g/mol. The number of hydrogen-bond donors (Lipinski definition) is 2. The van der Waals surface area contributed by atoms with E-state index in [1.165, 1.54) is 5.56 Å². The second-order valence-corrected chi connectivity index (χ2v) is 7.42. The third-order valence-electron chi connectivity index (χ3n) is 4.56. The first-order chi connectivity index (χ1) is 9.76. The molecule has 2 fully saturated rings. The van der Waals surface area contributed by atoms with E-state index in [-0.39, 0.29) is 17.2 Å². The number of alkyl carbamates (subject to hydrolysis) is 1. The van der Waals surface area contributed by atoms with Crippen molar-refractivity contribution in [3.63, 3.8) is 0 Å². The monoisotopic (exact) mass is 288 g/mol. The predicted octanol–water partition coefficient (Wildman–Crippen LogP) is 2.93. The van der Waals surface area contributed by atoms with Gasteiger partial charge in [0.05, 0.1) is 5.54 Å². The van der Waals surface area contributed by atoms with Crippen LogP contribution in [0.5, 0.6) is 0 Å². The summed E-state index contributed by atoms with van der Waals surface area (Å²) in [5.41, 5.74) is 6.60. The SMILES string of the molecule is CC(C)(C)OC(=O)NC1(C2(N)CC2)CC1c1ccccc1. The number of rotatable bonds is 3. The van der Waals surface area contributed by atoms with Crippen LogP contribution in [0, 0.1) is 0 Å². The molecule has 0 spiro atoms. The Morgan fingerprint density at radius 1 is 1.29 bits per heavy atom. The standard InChI is InChI=1S/C17H24N2O2/c1-15(2,3)21-14(20)19-17(16(18)9-10-16)11-13(17)12-7-5-4-6-8-12/h4-8,13H,9-11,18H2,1-3H3,(H,19,20). The molecule has 2 saturated carbocycles. The maximum Gasteiger partial charge on any atom is 0.408 e. The highest BCUT2D eigenvalue weighted by Gasteiger charge is 2.71. The molecule has 0 bridgehead atoms. The van der Waals surface area contributed by atoms with E-state index in [1.807, 2.05) is 39.0 Å². The van der Waals surface area contributed by atoms with Gasteiger partial charge in [-0.3, -0.25) is 0 Å². The van der Waals surface area contributed by atoms with Crippen LogP contribution in [-0.2, 0) is 4.74 Å². The van der Waals surface area contributed by atoms with Crippen LogP contribution in [-0.4, -0.2) is 22.8 Å². The van der Waals surface area contributed by atoms with E-state index in [4.69, 9.17) is 10.5 Å². The summed E-state index contributed by atoms with van der Waals surface area (Å²) >= 11 is 0. The van der Waals surface area contributed by atoms with E-state index >= 15 is 0 Å². The van der Waals surface area contributed by atoms with Gasteiger partial charge in [0.25, 0.3) is 0 Å². The van der Waals surface area contributed by atoms with E-state index in [9.17, 15) is 4.79 Å². The summed E-state index contributed by atoms with van der Waals surface area (Å²) in [5, 5.41) is 3.09. The molecule has 1 aromatic carbocycles. The normalized spacial score (nSPS) is 29.6. The van der Waals surface area contributed by atoms with E-state index < -0.39 is 5.60 Å². The smallest absolute Gasteiger partial charge is 0.408 e. The van der Waals surface area contributed by atoms with E-state index in [2.05, 4.69) is 17.4 Å². The van der Waals surface area contributed by atoms with Gasteiger partial charge in [0.2, 0.25) is 0 Å². The molecule has 0 aliphatic heterocycles. The van der Waals surface area contributed by atoms with Crippen molar-refractivity contribution >= 4 is 6.09 Å². The molecule has 21 heavy (non-hydrogen) atoms. The minimum atomic E-state index is -0.492. The van der Waals surface area contributed by atoms with E-state index in [0.717, 1.165) is 19.3 Å². The third-order valence-corrected chi connectivity index (χ3v) is 4.56. The Morgan fingerprint density at radius 3 is 2.43 bits per heavy atom. The van der Waals surface area contributed by atoms with Crippen LogP contribution in [0.15, 0.2) is 30.3 Å². The van der Waals surface area contributed by atoms with E-state index in [1.54, 1.807) is 0 Å². The number of hydrogen-bond acceptors (Lipinski definition) is 3. The molecule has 114 valence electrons. The highest BCUT2D eigenvalue weighted by molar-refractivity contribution is 5.71. The van der Waals surface area contributed by atoms with Crippen LogP contribution >= 0.6 is 0 Å². The van der Waals surface area contributed by atoms with Gasteiger partial charge >= 0.3 is 6.09 Å². The van der Waals surface area contributed by atoms with Crippen LogP contribution in [0.2, 0.25) is 0 Å². The summed E-state index contributed by atoms with van der Waals surface area (Å²) in [6, 6.07) is 10.3. The van der Waals surface area contributed by atoms with Crippen molar-refractivity contribution in [1.29, 1.82) is 0 Å². The lowest BCUT2D eigenvalue weighted by Gasteiger charge is -2.28. The van der Waals surface area contributed by atoms with Crippen LogP contribution in [0.1, 0.15) is 51.5 Å². The molecule has 3 rings (SSSR count). The Balaban J connectivity index is 1.77. The molecule has 3 N–H and O–H groups in total. The number of nitrogens with one attached hydrogen (secondary N) is 1. The molecule has 4 heteroatoms. The fraction of sp³-hybridized carbons (Fsp3) is 0.588. The maximum absolute atomic E-state index is 12.2. The van der Waals surface area contributed by atoms with Gasteiger partial charge in [-0.1, -0.05) is 30.3 Å². The number of carbonyl (C=O) groups is 1. The van der Waals surface area contributed by atoms with E-state index in [0.29, 0.717) is 5.92 Å². The van der Waals surface area contributed by atoms with Crippen molar-refractivity contribution in [2.75, 3.05) is 0 Å². The van der Waals surface area contributed by atoms with Crippen molar-refractivity contribution in [3.8, 4) is 0 Å². The lowest BCUT2D eigenvalue weighted by molar-refractivity contribution is 0.0480. The Labute approximate surface area is 126 Å². The number of amides is 1. The molecule has 2 aliphatic carbocycles. The zero-order chi connectivity index (χ0) is 15.3. The van der Waals surface area contributed by atoms with Crippen LogP contribution in [0.3, 0.4) is 0 Å². The first-order valence-electron chi connectivity index (χ1n) is 7.61. The van der Waals surface area contributed by atoms with Crippen LogP contribution < -0.4 is 11.1 Å². The largest absolute Gasteiger partial charge is 0.444 e. The van der Waals surface area contributed by atoms with Crippen LogP contribution in [0.4, 0.5) is 4.79 Å². The minimum absolute atomic E-state index is 0.273. The Hall–Kier alpha value is -1.55. The van der Waals surface area contributed by atoms with Crippen molar-refractivity contribution < 1.29 is 9.53 Å². The quantitative estimate of drug-likeness (QED) is 0.899. The summed E-state index contributed by atoms with van der Waals surface area (Å²) in [6.07, 6.45) is 2.46. The fourth-order valence-corrected chi connectivity index (χ4v) is 3.23. The van der Waals surface area contributed by atoms with Gasteiger partial charge in [-0.15, -0.1) is 0 Å². The molecule has 2 atom stereocenters. The molecule has 0 saturated heterocycles. The first kappa shape index (κ1) is 14.4. The molecule has 2 aliphatic rings. The van der Waals surface area contributed by atoms with Crippen molar-refractivity contribution in [2.45, 2.75) is 62.6 Å². The zero-order valence-corrected chi connectivity index (χ0v) is 13.0. The Morgan fingerprint density at radius 2 is 1.90 bits per heavy atom. The average Bonchev–Trinajstić information content (AvgIpc) is 3.26. The molecule has 0 heterocycles. The third kappa shape index (κ3) is 2.64. The molecule has 0 aromatic heterocycles. The van der Waals surface area contributed by atoms with Crippen molar-refractivity contribution in [2.24, 2.45) is 5.73 Å². The molecular formula is C17H24N2O2. The summed E-state index contributed by atoms with van der Waals surface area (Å²) in [7, 11) is 0. The van der Waals surface area contributed by atoms with Gasteiger partial charge in [0, 0.05) is 11.5 Å². The van der Waals surface area contributed by atoms with Gasteiger partial charge in [-0.2, -0.15) is 0 Å². The summed E-state index contributed by atoms with van der Waals surface area (Å²) in [4.78, 5) is 12.2. The number of nitrogens with two attached hydrogens (primary N) is 1. The highest BCUT2D eigenvalue weighted by atomic mass is 16.6. The lowest BCUT2D eigenvalue weighted by Crippen LogP contribution is -2.54. The summed E-state index contributed by atoms with van der Waals surface area (Å²) in [6.45, 7) is 5.61. The van der Waals surface area contributed by atoms with Crippen molar-refractivity contribution in [3.05, 3.63) is 35.9 Å². The molecule has 1 amide bonds. The van der Waals surface area contributed by atoms with Gasteiger partial charge in [-0.05, 0) is 45.6 Å². The van der Waals surface area contributed by atoms with Gasteiger partial charge in [-0.25, -0.2) is 4.79 Å². The fourth-order valence-electron chi connectivity index (χ4n) is 3.23. The van der Waals surface area contributed by atoms with Gasteiger partial charge < -0.3 is 15.8 Å². The molecule has 1 aromatic rings. The molecule has 4 nitrogen and oxygen atoms in total. The molecule has 2 unspecified atom stereocenters. The Kier molecular flexibility index (Phi) is 3.06. The molecular weight excluding hydrogens is 264 g/mol. The second kappa shape index (κ2) is 4.47. The minimum Gasteiger partial charge on any atom is -0.444 e. The van der Waals surface area contributed by atoms with Gasteiger partial charge in [0.1, 0.15) is 5.60 Å². The lowest BCUT2D eigenvalue weighted by atomic mass is 9.98. The first-order valence-corrected chi connectivity index (χ1v) is 7.61. The molecule has 0 radical (unpaired) electrons. The predicted molar refractivity (Wildman–Crippen MR) is 82.1 cm³/mol. The van der Waals surface area contributed by atoms with Gasteiger partial charge in [0.15, 0.2) is 0 Å². The summed E-state index contributed by atoms with van der Waals surface area (Å²) in [5.74, 6) is 0.290. The van der Waals surface area contributed by atoms with Crippen LogP contribution in [0.25, 0.3) is 0 Å². The number of ether oxygens (including phenoxy) is 1. The Bertz CT molecular complexity index is 546. The highest BCUT2D eigenvalue weighted by Crippen LogP contribution is 2.63. The number of carbonyl (C=O) groups excluding carboxylic acids is 1. The topological polar surface area (TPSA) is 64.3 Å².